The van der Waals surface area contributed by atoms with Gasteiger partial charge in [-0.05, 0) is 83.5 Å². The van der Waals surface area contributed by atoms with E-state index in [0.29, 0.717) is 6.42 Å². The van der Waals surface area contributed by atoms with E-state index < -0.39 is 34.2 Å². The number of nitrogens with zero attached hydrogens (tertiary/aromatic N) is 1. The molecule has 1 aromatic heterocycles. The number of thiazole rings is 1. The van der Waals surface area contributed by atoms with E-state index in [1.54, 1.807) is 11.3 Å². The fourth-order valence-corrected chi connectivity index (χ4v) is 8.73. The van der Waals surface area contributed by atoms with Crippen LogP contribution in [0.5, 0.6) is 0 Å². The number of carbonyl (C=O) groups excluding carboxylic acids is 3. The van der Waals surface area contributed by atoms with Gasteiger partial charge in [0.05, 0.1) is 35.4 Å². The van der Waals surface area contributed by atoms with Crippen LogP contribution in [0.15, 0.2) is 23.1 Å². The average molecular weight is 649 g/mol. The first-order valence-electron chi connectivity index (χ1n) is 15.7. The Hall–Kier alpha value is -1.73. The molecule has 7 nitrogen and oxygen atoms in total. The maximum absolute atomic E-state index is 14.3. The lowest BCUT2D eigenvalue weighted by molar-refractivity contribution is -0.141. The summed E-state index contributed by atoms with van der Waals surface area (Å²) < 4.78 is 13.3. The second kappa shape index (κ2) is 15.5. The average Bonchev–Trinajstić information content (AvgIpc) is 3.29. The first-order valence-corrected chi connectivity index (χ1v) is 23.4. The van der Waals surface area contributed by atoms with Gasteiger partial charge in [-0.3, -0.25) is 9.59 Å². The molecule has 0 fully saturated rings. The van der Waals surface area contributed by atoms with Crippen molar-refractivity contribution in [3.05, 3.63) is 33.8 Å². The van der Waals surface area contributed by atoms with Crippen LogP contribution < -0.4 is 5.32 Å². The van der Waals surface area contributed by atoms with Crippen LogP contribution >= 0.6 is 11.3 Å². The van der Waals surface area contributed by atoms with Crippen LogP contribution in [0.3, 0.4) is 0 Å². The predicted octanol–water partition coefficient (Wildman–Crippen LogP) is 7.59. The van der Waals surface area contributed by atoms with Crippen molar-refractivity contribution in [3.8, 4) is 0 Å². The lowest BCUT2D eigenvalue weighted by atomic mass is 9.73. The molecule has 6 atom stereocenters. The molecule has 2 heterocycles. The Bertz CT molecular complexity index is 1160. The van der Waals surface area contributed by atoms with Gasteiger partial charge in [0.2, 0.25) is 5.91 Å². The highest BCUT2D eigenvalue weighted by atomic mass is 32.1. The van der Waals surface area contributed by atoms with E-state index in [4.69, 9.17) is 8.85 Å². The van der Waals surface area contributed by atoms with Crippen LogP contribution in [-0.4, -0.2) is 57.8 Å². The van der Waals surface area contributed by atoms with Gasteiger partial charge in [0, 0.05) is 22.6 Å². The molecule has 0 bridgehead atoms. The number of allylic oxidation sites excluding steroid dienone is 1. The van der Waals surface area contributed by atoms with E-state index in [1.807, 2.05) is 58.2 Å². The Morgan fingerprint density at radius 2 is 1.67 bits per heavy atom. The van der Waals surface area contributed by atoms with Gasteiger partial charge in [0.25, 0.3) is 0 Å². The molecule has 1 amide bonds. The first-order chi connectivity index (χ1) is 19.7. The smallest absolute Gasteiger partial charge is 0.223 e. The number of aromatic nitrogens is 1. The molecule has 0 radical (unpaired) electrons. The molecular formula is C33H56N2O5SSi2. The van der Waals surface area contributed by atoms with E-state index in [9.17, 15) is 14.4 Å². The molecule has 1 aliphatic heterocycles. The summed E-state index contributed by atoms with van der Waals surface area (Å²) in [5.74, 6) is -0.660. The van der Waals surface area contributed by atoms with Crippen molar-refractivity contribution in [1.82, 2.24) is 10.3 Å². The van der Waals surface area contributed by atoms with Crippen LogP contribution in [0.25, 0.3) is 6.08 Å². The summed E-state index contributed by atoms with van der Waals surface area (Å²) in [6, 6.07) is -0.427. The topological polar surface area (TPSA) is 94.6 Å². The molecule has 1 aromatic rings. The molecule has 242 valence electrons. The molecular weight excluding hydrogens is 593 g/mol. The van der Waals surface area contributed by atoms with E-state index >= 15 is 0 Å². The maximum Gasteiger partial charge on any atom is 0.223 e. The normalized spacial score (nSPS) is 28.9. The number of carbonyl (C=O) groups is 3. The molecule has 5 unspecified atom stereocenters. The van der Waals surface area contributed by atoms with Gasteiger partial charge in [-0.15, -0.1) is 11.3 Å². The van der Waals surface area contributed by atoms with Gasteiger partial charge >= 0.3 is 0 Å². The lowest BCUT2D eigenvalue weighted by Gasteiger charge is -2.42. The van der Waals surface area contributed by atoms with Gasteiger partial charge in [0.15, 0.2) is 16.6 Å². The summed E-state index contributed by atoms with van der Waals surface area (Å²) in [6.45, 7) is 24.6. The lowest BCUT2D eigenvalue weighted by Crippen LogP contribution is -2.52. The molecule has 0 saturated heterocycles. The Balaban J connectivity index is 2.58. The minimum absolute atomic E-state index is 0.0510. The minimum Gasteiger partial charge on any atom is -0.414 e. The maximum atomic E-state index is 14.3. The van der Waals surface area contributed by atoms with Crippen LogP contribution in [0.2, 0.25) is 39.3 Å². The van der Waals surface area contributed by atoms with Gasteiger partial charge < -0.3 is 19.0 Å². The second-order valence-corrected chi connectivity index (χ2v) is 24.8. The van der Waals surface area contributed by atoms with Gasteiger partial charge in [-0.2, -0.15) is 0 Å². The summed E-state index contributed by atoms with van der Waals surface area (Å²) in [5.41, 5.74) is 0.838. The Morgan fingerprint density at radius 3 is 2.21 bits per heavy atom. The summed E-state index contributed by atoms with van der Waals surface area (Å²) in [7, 11) is -4.11. The van der Waals surface area contributed by atoms with Crippen LogP contribution in [0.4, 0.5) is 0 Å². The van der Waals surface area contributed by atoms with Crippen LogP contribution in [0, 0.1) is 30.1 Å². The van der Waals surface area contributed by atoms with E-state index in [2.05, 4.69) is 56.5 Å². The molecule has 2 rings (SSSR count). The third-order valence-corrected chi connectivity index (χ3v) is 10.8. The highest BCUT2D eigenvalue weighted by Crippen LogP contribution is 2.36. The third-order valence-electron chi connectivity index (χ3n) is 8.01. The molecule has 0 aromatic carbocycles. The highest BCUT2D eigenvalue weighted by Gasteiger charge is 2.46. The van der Waals surface area contributed by atoms with Gasteiger partial charge in [-0.1, -0.05) is 46.3 Å². The molecule has 0 aliphatic carbocycles. The Labute approximate surface area is 266 Å². The number of aryl methyl sites for hydroxylation is 1. The zero-order valence-corrected chi connectivity index (χ0v) is 31.4. The quantitative estimate of drug-likeness (QED) is 0.186. The monoisotopic (exact) mass is 648 g/mol. The number of nitrogens with one attached hydrogen (secondary N) is 1. The number of rotatable bonds is 7. The van der Waals surface area contributed by atoms with E-state index in [-0.39, 0.29) is 42.0 Å². The van der Waals surface area contributed by atoms with Gasteiger partial charge in [0.1, 0.15) is 12.1 Å². The molecule has 0 saturated carbocycles. The highest BCUT2D eigenvalue weighted by molar-refractivity contribution is 7.09. The zero-order chi connectivity index (χ0) is 32.8. The standard InChI is InChI=1S/C33H56N2O5SSi2/c1-22-14-13-15-26(20-36)16-17-28(23(2)18-27-21-41-25(4)34-27)35-30(37)19-29(39-42(7,8)9)33(5,6)32(38)24(3)31(22)40-43(10,11)12/h16-18,20-22,24,26,28-29,31H,13-15,19H2,1-12H3,(H,35,37)/t22?,24?,26?,28-,29?,31?/m0/s1. The van der Waals surface area contributed by atoms with Crippen molar-refractivity contribution in [3.63, 3.8) is 0 Å². The molecule has 10 heteroatoms. The number of Topliss-reactive ketones (excluding diaryl/α,β-unsaturated/α-hetero) is 1. The summed E-state index contributed by atoms with van der Waals surface area (Å²) in [4.78, 5) is 44.7. The van der Waals surface area contributed by atoms with Crippen molar-refractivity contribution in [1.29, 1.82) is 0 Å². The Morgan fingerprint density at radius 1 is 1.05 bits per heavy atom. The minimum atomic E-state index is -2.14. The number of aldehydes is 1. The van der Waals surface area contributed by atoms with Crippen molar-refractivity contribution in [2.45, 2.75) is 125 Å². The number of hydrogen-bond acceptors (Lipinski definition) is 7. The largest absolute Gasteiger partial charge is 0.414 e. The number of amides is 1. The summed E-state index contributed by atoms with van der Waals surface area (Å²) in [6.07, 6.45) is 8.37. The fourth-order valence-electron chi connectivity index (χ4n) is 5.67. The van der Waals surface area contributed by atoms with Crippen LogP contribution in [0.1, 0.15) is 71.0 Å². The molecule has 0 spiro atoms. The second-order valence-electron chi connectivity index (χ2n) is 14.8. The SMILES string of the molecule is CC(=Cc1csc(C)n1)[C@@H]1C=CC(C=O)CCCC(C)C(O[Si](C)(C)C)C(C)C(=O)C(C)(C)C(O[Si](C)(C)C)CC(=O)N1. The van der Waals surface area contributed by atoms with Crippen molar-refractivity contribution in [2.24, 2.45) is 23.2 Å². The molecule has 43 heavy (non-hydrogen) atoms. The Kier molecular flexibility index (Phi) is 13.5. The zero-order valence-electron chi connectivity index (χ0n) is 28.6. The molecule has 1 aliphatic rings. The third kappa shape index (κ3) is 11.9. The van der Waals surface area contributed by atoms with Crippen LogP contribution in [-0.2, 0) is 23.2 Å². The number of ketones is 1. The predicted molar refractivity (Wildman–Crippen MR) is 183 cm³/mol. The molecule has 1 N–H and O–H groups in total. The summed E-state index contributed by atoms with van der Waals surface area (Å²) >= 11 is 1.57. The van der Waals surface area contributed by atoms with Crippen molar-refractivity contribution in [2.75, 3.05) is 0 Å². The van der Waals surface area contributed by atoms with Crippen molar-refractivity contribution >= 4 is 52.0 Å². The number of hydrogen-bond donors (Lipinski definition) is 1. The fraction of sp³-hybridized carbons (Fsp3) is 0.697. The van der Waals surface area contributed by atoms with E-state index in [1.165, 1.54) is 0 Å². The van der Waals surface area contributed by atoms with Gasteiger partial charge in [-0.25, -0.2) is 4.98 Å². The first kappa shape index (κ1) is 37.5. The van der Waals surface area contributed by atoms with Crippen molar-refractivity contribution < 1.29 is 23.2 Å². The van der Waals surface area contributed by atoms with E-state index in [0.717, 1.165) is 35.4 Å². The summed E-state index contributed by atoms with van der Waals surface area (Å²) in [5, 5.41) is 6.12.